The number of rotatable bonds is 3. The van der Waals surface area contributed by atoms with Crippen molar-refractivity contribution in [3.05, 3.63) is 47.7 Å². The number of carbonyl (C=O) groups is 2. The van der Waals surface area contributed by atoms with Crippen LogP contribution in [0.1, 0.15) is 39.7 Å². The van der Waals surface area contributed by atoms with Crippen LogP contribution in [0.3, 0.4) is 0 Å². The summed E-state index contributed by atoms with van der Waals surface area (Å²) in [7, 11) is 0. The summed E-state index contributed by atoms with van der Waals surface area (Å²) in [6, 6.07) is 6.99. The average Bonchev–Trinajstić information content (AvgIpc) is 3.33. The summed E-state index contributed by atoms with van der Waals surface area (Å²) in [5.74, 6) is 0.563. The van der Waals surface area contributed by atoms with E-state index in [1.54, 1.807) is 46.7 Å². The lowest BCUT2D eigenvalue weighted by atomic mass is 10.3. The highest BCUT2D eigenvalue weighted by Gasteiger charge is 2.27. The molecule has 0 saturated carbocycles. The Morgan fingerprint density at radius 1 is 1.24 bits per heavy atom. The number of nitrogens with one attached hydrogen (secondary N) is 1. The summed E-state index contributed by atoms with van der Waals surface area (Å²) >= 11 is 0. The Hall–Kier alpha value is -3.16. The molecule has 0 aliphatic carbocycles. The second kappa shape index (κ2) is 6.04. The third-order valence-corrected chi connectivity index (χ3v) is 4.22. The molecule has 25 heavy (non-hydrogen) atoms. The van der Waals surface area contributed by atoms with Gasteiger partial charge in [-0.2, -0.15) is 0 Å². The van der Waals surface area contributed by atoms with Gasteiger partial charge in [-0.3, -0.25) is 14.0 Å². The Bertz CT molecular complexity index is 952. The molecule has 1 aliphatic rings. The average molecular weight is 339 g/mol. The second-order valence-corrected chi connectivity index (χ2v) is 6.02. The molecule has 1 fully saturated rings. The molecule has 8 heteroatoms. The normalized spacial score (nSPS) is 14.2. The zero-order chi connectivity index (χ0) is 17.4. The van der Waals surface area contributed by atoms with Crippen LogP contribution in [0.5, 0.6) is 0 Å². The van der Waals surface area contributed by atoms with Crippen LogP contribution in [0.15, 0.2) is 35.0 Å². The van der Waals surface area contributed by atoms with Crippen molar-refractivity contribution in [2.45, 2.75) is 19.8 Å². The molecular formula is C17H17N5O3. The van der Waals surface area contributed by atoms with E-state index >= 15 is 0 Å². The molecule has 0 radical (unpaired) electrons. The molecule has 0 atom stereocenters. The Balaban J connectivity index is 1.71. The lowest BCUT2D eigenvalue weighted by Crippen LogP contribution is -2.29. The number of aromatic nitrogens is 3. The fourth-order valence-corrected chi connectivity index (χ4v) is 3.02. The quantitative estimate of drug-likeness (QED) is 0.789. The number of likely N-dealkylation sites (tertiary alicyclic amines) is 1. The molecule has 0 aromatic carbocycles. The predicted molar refractivity (Wildman–Crippen MR) is 89.5 cm³/mol. The molecule has 0 bridgehead atoms. The zero-order valence-electron chi connectivity index (χ0n) is 13.7. The topological polar surface area (TPSA) is 92.7 Å². The number of hydrogen-bond acceptors (Lipinski definition) is 5. The van der Waals surface area contributed by atoms with Crippen LogP contribution < -0.4 is 5.32 Å². The molecule has 4 heterocycles. The number of aryl methyl sites for hydroxylation is 1. The summed E-state index contributed by atoms with van der Waals surface area (Å²) in [6.45, 7) is 3.18. The smallest absolute Gasteiger partial charge is 0.290 e. The fraction of sp³-hybridized carbons (Fsp3) is 0.294. The van der Waals surface area contributed by atoms with Crippen molar-refractivity contribution < 1.29 is 14.1 Å². The summed E-state index contributed by atoms with van der Waals surface area (Å²) in [4.78, 5) is 31.4. The van der Waals surface area contributed by atoms with E-state index in [4.69, 9.17) is 4.52 Å². The molecule has 1 N–H and O–H groups in total. The largest absolute Gasteiger partial charge is 0.360 e. The third kappa shape index (κ3) is 2.75. The van der Waals surface area contributed by atoms with E-state index < -0.39 is 5.91 Å². The lowest BCUT2D eigenvalue weighted by Gasteiger charge is -2.13. The Labute approximate surface area is 143 Å². The predicted octanol–water partition coefficient (Wildman–Crippen LogP) is 2.12. The highest BCUT2D eigenvalue weighted by Crippen LogP contribution is 2.18. The molecular weight excluding hydrogens is 322 g/mol. The van der Waals surface area contributed by atoms with Gasteiger partial charge < -0.3 is 14.7 Å². The van der Waals surface area contributed by atoms with E-state index in [0.29, 0.717) is 17.1 Å². The molecule has 3 aromatic heterocycles. The van der Waals surface area contributed by atoms with Crippen molar-refractivity contribution in [1.29, 1.82) is 0 Å². The molecule has 1 saturated heterocycles. The maximum Gasteiger partial charge on any atom is 0.290 e. The van der Waals surface area contributed by atoms with Crippen molar-refractivity contribution in [2.75, 3.05) is 18.4 Å². The molecule has 128 valence electrons. The fourth-order valence-electron chi connectivity index (χ4n) is 3.02. The van der Waals surface area contributed by atoms with Gasteiger partial charge in [0.15, 0.2) is 11.5 Å². The highest BCUT2D eigenvalue weighted by molar-refractivity contribution is 6.08. The van der Waals surface area contributed by atoms with E-state index in [9.17, 15) is 9.59 Å². The number of carbonyl (C=O) groups excluding carboxylic acids is 2. The molecule has 4 rings (SSSR count). The van der Waals surface area contributed by atoms with Gasteiger partial charge in [0.1, 0.15) is 5.76 Å². The van der Waals surface area contributed by atoms with Crippen LogP contribution in [0.2, 0.25) is 0 Å². The maximum atomic E-state index is 12.7. The van der Waals surface area contributed by atoms with Gasteiger partial charge in [0, 0.05) is 25.4 Å². The van der Waals surface area contributed by atoms with E-state index in [1.165, 1.54) is 0 Å². The minimum Gasteiger partial charge on any atom is -0.360 e. The first-order chi connectivity index (χ1) is 12.1. The van der Waals surface area contributed by atoms with Crippen molar-refractivity contribution in [3.8, 4) is 0 Å². The van der Waals surface area contributed by atoms with Crippen LogP contribution in [-0.2, 0) is 0 Å². The summed E-state index contributed by atoms with van der Waals surface area (Å²) in [6.07, 6.45) is 3.73. The van der Waals surface area contributed by atoms with Gasteiger partial charge in [-0.25, -0.2) is 4.98 Å². The monoisotopic (exact) mass is 339 g/mol. The number of pyridine rings is 1. The number of imidazole rings is 1. The van der Waals surface area contributed by atoms with E-state index in [2.05, 4.69) is 15.5 Å². The summed E-state index contributed by atoms with van der Waals surface area (Å²) in [5.41, 5.74) is 0.756. The van der Waals surface area contributed by atoms with Crippen LogP contribution >= 0.6 is 0 Å². The van der Waals surface area contributed by atoms with Crippen molar-refractivity contribution in [1.82, 2.24) is 19.4 Å². The van der Waals surface area contributed by atoms with Crippen molar-refractivity contribution in [2.24, 2.45) is 0 Å². The lowest BCUT2D eigenvalue weighted by molar-refractivity contribution is 0.0780. The highest BCUT2D eigenvalue weighted by atomic mass is 16.5. The number of fused-ring (bicyclic) bond motifs is 1. The number of anilines is 1. The first kappa shape index (κ1) is 15.4. The number of amides is 2. The first-order valence-corrected chi connectivity index (χ1v) is 8.14. The standard InChI is InChI=1S/C17H17N5O3/c1-11-10-13(20-25-11)18-16(23)14-12-6-2-3-9-22(12)15(19-14)17(24)21-7-4-5-8-21/h2-3,6,9-10H,4-5,7-8H2,1H3,(H,18,20,23). The Morgan fingerprint density at radius 2 is 2.04 bits per heavy atom. The van der Waals surface area contributed by atoms with E-state index in [0.717, 1.165) is 25.9 Å². The van der Waals surface area contributed by atoms with Crippen molar-refractivity contribution >= 4 is 23.1 Å². The maximum absolute atomic E-state index is 12.7. The van der Waals surface area contributed by atoms with Crippen LogP contribution in [0, 0.1) is 6.92 Å². The summed E-state index contributed by atoms with van der Waals surface area (Å²) in [5, 5.41) is 6.40. The molecule has 8 nitrogen and oxygen atoms in total. The SMILES string of the molecule is Cc1cc(NC(=O)c2nc(C(=O)N3CCCC3)n3ccccc23)no1. The Morgan fingerprint density at radius 3 is 2.76 bits per heavy atom. The third-order valence-electron chi connectivity index (χ3n) is 4.22. The molecule has 0 unspecified atom stereocenters. The zero-order valence-corrected chi connectivity index (χ0v) is 13.7. The van der Waals surface area contributed by atoms with Gasteiger partial charge in [-0.15, -0.1) is 0 Å². The minimum atomic E-state index is -0.433. The minimum absolute atomic E-state index is 0.157. The van der Waals surface area contributed by atoms with E-state index in [-0.39, 0.29) is 17.4 Å². The van der Waals surface area contributed by atoms with E-state index in [1.807, 2.05) is 0 Å². The molecule has 2 amide bonds. The van der Waals surface area contributed by atoms with Gasteiger partial charge >= 0.3 is 0 Å². The van der Waals surface area contributed by atoms with Gasteiger partial charge in [0.05, 0.1) is 5.52 Å². The van der Waals surface area contributed by atoms with Gasteiger partial charge in [0.2, 0.25) is 5.82 Å². The molecule has 0 spiro atoms. The van der Waals surface area contributed by atoms with Gasteiger partial charge in [0.25, 0.3) is 11.8 Å². The summed E-state index contributed by atoms with van der Waals surface area (Å²) < 4.78 is 6.60. The van der Waals surface area contributed by atoms with Crippen LogP contribution in [-0.4, -0.2) is 44.3 Å². The number of nitrogens with zero attached hydrogens (tertiary/aromatic N) is 4. The Kier molecular flexibility index (Phi) is 3.72. The van der Waals surface area contributed by atoms with Crippen LogP contribution in [0.25, 0.3) is 5.52 Å². The van der Waals surface area contributed by atoms with Crippen molar-refractivity contribution in [3.63, 3.8) is 0 Å². The second-order valence-electron chi connectivity index (χ2n) is 6.02. The first-order valence-electron chi connectivity index (χ1n) is 8.14. The van der Waals surface area contributed by atoms with Gasteiger partial charge in [-0.1, -0.05) is 11.2 Å². The van der Waals surface area contributed by atoms with Gasteiger partial charge in [-0.05, 0) is 31.9 Å². The number of hydrogen-bond donors (Lipinski definition) is 1. The molecule has 1 aliphatic heterocycles. The molecule has 3 aromatic rings. The van der Waals surface area contributed by atoms with Crippen LogP contribution in [0.4, 0.5) is 5.82 Å².